The molecule has 2 aliphatic rings. The molecule has 0 heteroatoms. The van der Waals surface area contributed by atoms with Gasteiger partial charge in [0.05, 0.1) is 0 Å². The first-order valence-electron chi connectivity index (χ1n) is 9.45. The van der Waals surface area contributed by atoms with Gasteiger partial charge in [0.15, 0.2) is 0 Å². The third-order valence-electron chi connectivity index (χ3n) is 6.35. The number of allylic oxidation sites excluding steroid dienone is 2. The van der Waals surface area contributed by atoms with E-state index in [-0.39, 0.29) is 0 Å². The van der Waals surface area contributed by atoms with E-state index in [1.165, 1.54) is 49.4 Å². The fourth-order valence-electron chi connectivity index (χ4n) is 5.31. The molecule has 2 aliphatic carbocycles. The topological polar surface area (TPSA) is 0 Å². The maximum Gasteiger partial charge on any atom is 0.0317 e. The Morgan fingerprint density at radius 2 is 1.00 bits per heavy atom. The molecule has 0 heterocycles. The Labute approximate surface area is 153 Å². The second-order valence-corrected chi connectivity index (χ2v) is 7.98. The molecule has 0 fully saturated rings. The zero-order valence-electron chi connectivity index (χ0n) is 15.1. The predicted molar refractivity (Wildman–Crippen MR) is 110 cm³/mol. The van der Waals surface area contributed by atoms with Crippen molar-refractivity contribution >= 4 is 21.5 Å². The molecule has 2 atom stereocenters. The Morgan fingerprint density at radius 3 is 1.46 bits per heavy atom. The Kier molecular flexibility index (Phi) is 2.68. The predicted octanol–water partition coefficient (Wildman–Crippen LogP) is 6.92. The average molecular weight is 332 g/mol. The quantitative estimate of drug-likeness (QED) is 0.242. The van der Waals surface area contributed by atoms with E-state index in [1.54, 1.807) is 5.57 Å². The molecule has 4 aromatic carbocycles. The molecule has 6 rings (SSSR count). The molecule has 0 radical (unpaired) electrons. The lowest BCUT2D eigenvalue weighted by Gasteiger charge is -2.19. The van der Waals surface area contributed by atoms with Crippen LogP contribution in [-0.4, -0.2) is 0 Å². The summed E-state index contributed by atoms with van der Waals surface area (Å²) in [6.07, 6.45) is 0. The van der Waals surface area contributed by atoms with E-state index >= 15 is 0 Å². The van der Waals surface area contributed by atoms with E-state index in [9.17, 15) is 0 Å². The third kappa shape index (κ3) is 1.69. The van der Waals surface area contributed by atoms with Crippen LogP contribution < -0.4 is 0 Å². The maximum absolute atomic E-state index is 2.46. The summed E-state index contributed by atoms with van der Waals surface area (Å²) < 4.78 is 0. The Bertz CT molecular complexity index is 1160. The van der Waals surface area contributed by atoms with Crippen LogP contribution in [0.1, 0.15) is 47.9 Å². The lowest BCUT2D eigenvalue weighted by Crippen LogP contribution is -2.02. The Balaban J connectivity index is 1.69. The molecule has 0 spiro atoms. The normalized spacial score (nSPS) is 19.8. The van der Waals surface area contributed by atoms with Crippen LogP contribution in [0.25, 0.3) is 21.5 Å². The maximum atomic E-state index is 2.46. The summed E-state index contributed by atoms with van der Waals surface area (Å²) in [5, 5.41) is 5.37. The van der Waals surface area contributed by atoms with Crippen LogP contribution in [0.5, 0.6) is 0 Å². The van der Waals surface area contributed by atoms with Crippen LogP contribution in [0.2, 0.25) is 0 Å². The first-order valence-corrected chi connectivity index (χ1v) is 9.45. The van der Waals surface area contributed by atoms with E-state index in [0.29, 0.717) is 11.8 Å². The van der Waals surface area contributed by atoms with Crippen molar-refractivity contribution in [2.75, 3.05) is 0 Å². The molecule has 0 aromatic heterocycles. The molecule has 0 aliphatic heterocycles. The first-order chi connectivity index (χ1) is 12.7. The smallest absolute Gasteiger partial charge is 0.0317 e. The van der Waals surface area contributed by atoms with E-state index in [2.05, 4.69) is 86.6 Å². The van der Waals surface area contributed by atoms with Gasteiger partial charge in [0.2, 0.25) is 0 Å². The van der Waals surface area contributed by atoms with Gasteiger partial charge in [-0.1, -0.05) is 54.1 Å². The number of hydrogen-bond donors (Lipinski definition) is 0. The van der Waals surface area contributed by atoms with Gasteiger partial charge in [-0.15, -0.1) is 0 Å². The van der Waals surface area contributed by atoms with Crippen LogP contribution in [0.15, 0.2) is 83.9 Å². The first kappa shape index (κ1) is 14.3. The summed E-state index contributed by atoms with van der Waals surface area (Å²) in [7, 11) is 0. The Morgan fingerprint density at radius 1 is 0.538 bits per heavy atom. The van der Waals surface area contributed by atoms with Crippen molar-refractivity contribution in [3.8, 4) is 0 Å². The minimum Gasteiger partial charge on any atom is -0.0753 e. The highest BCUT2D eigenvalue weighted by Crippen LogP contribution is 2.61. The molecule has 26 heavy (non-hydrogen) atoms. The highest BCUT2D eigenvalue weighted by atomic mass is 14.5. The van der Waals surface area contributed by atoms with E-state index < -0.39 is 0 Å². The summed E-state index contributed by atoms with van der Waals surface area (Å²) in [4.78, 5) is 0. The number of benzene rings is 4. The van der Waals surface area contributed by atoms with Gasteiger partial charge >= 0.3 is 0 Å². The van der Waals surface area contributed by atoms with Crippen molar-refractivity contribution < 1.29 is 0 Å². The van der Waals surface area contributed by atoms with E-state index in [1.807, 2.05) is 0 Å². The number of hydrogen-bond acceptors (Lipinski definition) is 0. The minimum absolute atomic E-state index is 0.451. The Hall–Kier alpha value is -2.86. The van der Waals surface area contributed by atoms with Gasteiger partial charge in [-0.05, 0) is 87.5 Å². The SMILES string of the molecule is CC(C)=C1[C@@H]2c3ccccc3[C@H]1c1cc3cc4ccccc4cc3cc12. The van der Waals surface area contributed by atoms with Crippen molar-refractivity contribution in [1.29, 1.82) is 0 Å². The summed E-state index contributed by atoms with van der Waals surface area (Å²) >= 11 is 0. The third-order valence-corrected chi connectivity index (χ3v) is 6.35. The lowest BCUT2D eigenvalue weighted by molar-refractivity contribution is 0.982. The van der Waals surface area contributed by atoms with Gasteiger partial charge in [-0.2, -0.15) is 0 Å². The molecular formula is C26H20. The molecule has 0 N–H and O–H groups in total. The summed E-state index contributed by atoms with van der Waals surface area (Å²) in [6.45, 7) is 4.56. The van der Waals surface area contributed by atoms with Gasteiger partial charge < -0.3 is 0 Å². The molecule has 0 amide bonds. The molecule has 2 bridgehead atoms. The fraction of sp³-hybridized carbons (Fsp3) is 0.154. The van der Waals surface area contributed by atoms with Crippen LogP contribution in [0.4, 0.5) is 0 Å². The van der Waals surface area contributed by atoms with Gasteiger partial charge in [0.1, 0.15) is 0 Å². The van der Waals surface area contributed by atoms with Crippen molar-refractivity contribution in [1.82, 2.24) is 0 Å². The number of fused-ring (bicyclic) bond motifs is 10. The van der Waals surface area contributed by atoms with Gasteiger partial charge in [-0.25, -0.2) is 0 Å². The molecule has 0 saturated heterocycles. The molecule has 0 saturated carbocycles. The van der Waals surface area contributed by atoms with Crippen molar-refractivity contribution in [2.45, 2.75) is 25.7 Å². The van der Waals surface area contributed by atoms with Crippen LogP contribution >= 0.6 is 0 Å². The van der Waals surface area contributed by atoms with E-state index in [0.717, 1.165) is 0 Å². The summed E-state index contributed by atoms with van der Waals surface area (Å²) in [5.41, 5.74) is 9.16. The summed E-state index contributed by atoms with van der Waals surface area (Å²) in [5.74, 6) is 0.902. The highest BCUT2D eigenvalue weighted by molar-refractivity contribution is 5.99. The number of rotatable bonds is 0. The van der Waals surface area contributed by atoms with Crippen LogP contribution in [0.3, 0.4) is 0 Å². The second kappa shape index (κ2) is 4.86. The van der Waals surface area contributed by atoms with E-state index in [4.69, 9.17) is 0 Å². The van der Waals surface area contributed by atoms with Crippen molar-refractivity contribution in [2.24, 2.45) is 0 Å². The van der Waals surface area contributed by atoms with Crippen molar-refractivity contribution in [3.05, 3.63) is 106 Å². The second-order valence-electron chi connectivity index (χ2n) is 7.98. The van der Waals surface area contributed by atoms with Gasteiger partial charge in [0.25, 0.3) is 0 Å². The lowest BCUT2D eigenvalue weighted by atomic mass is 9.84. The zero-order valence-corrected chi connectivity index (χ0v) is 15.1. The largest absolute Gasteiger partial charge is 0.0753 e. The van der Waals surface area contributed by atoms with Gasteiger partial charge in [0, 0.05) is 11.8 Å². The fourth-order valence-corrected chi connectivity index (χ4v) is 5.31. The molecule has 0 nitrogen and oxygen atoms in total. The van der Waals surface area contributed by atoms with Gasteiger partial charge in [-0.3, -0.25) is 0 Å². The van der Waals surface area contributed by atoms with Crippen molar-refractivity contribution in [3.63, 3.8) is 0 Å². The summed E-state index contributed by atoms with van der Waals surface area (Å²) in [6, 6.07) is 27.3. The van der Waals surface area contributed by atoms with Crippen LogP contribution in [-0.2, 0) is 0 Å². The minimum atomic E-state index is 0.451. The van der Waals surface area contributed by atoms with Crippen LogP contribution in [0, 0.1) is 0 Å². The monoisotopic (exact) mass is 332 g/mol. The average Bonchev–Trinajstić information content (AvgIpc) is 3.17. The molecule has 4 aromatic rings. The molecule has 0 unspecified atom stereocenters. The molecular weight excluding hydrogens is 312 g/mol. The standard InChI is InChI=1S/C26H20/c1-15(2)24-25-20-9-5-6-10-21(20)26(24)23-14-19-12-17-8-4-3-7-16(17)11-18(19)13-22(23)25/h3-14,25-26H,1-2H3/t25-,26+. The molecule has 124 valence electrons. The highest BCUT2D eigenvalue weighted by Gasteiger charge is 2.45. The zero-order chi connectivity index (χ0) is 17.4.